The third-order valence-corrected chi connectivity index (χ3v) is 4.06. The van der Waals surface area contributed by atoms with Crippen molar-refractivity contribution in [3.63, 3.8) is 0 Å². The molecule has 6 nitrogen and oxygen atoms in total. The summed E-state index contributed by atoms with van der Waals surface area (Å²) in [5, 5.41) is 7.84. The van der Waals surface area contributed by atoms with E-state index in [4.69, 9.17) is 10.9 Å². The molecule has 0 aromatic heterocycles. The number of amides is 1. The van der Waals surface area contributed by atoms with Crippen molar-refractivity contribution >= 4 is 15.9 Å². The van der Waals surface area contributed by atoms with Crippen LogP contribution in [-0.2, 0) is 21.4 Å². The van der Waals surface area contributed by atoms with Gasteiger partial charge in [0.2, 0.25) is 15.9 Å². The monoisotopic (exact) mass is 313 g/mol. The van der Waals surface area contributed by atoms with Crippen LogP contribution in [0.2, 0.25) is 0 Å². The van der Waals surface area contributed by atoms with Crippen molar-refractivity contribution in [1.82, 2.24) is 5.32 Å². The van der Waals surface area contributed by atoms with E-state index in [0.717, 1.165) is 12.0 Å². The van der Waals surface area contributed by atoms with Gasteiger partial charge in [0.25, 0.3) is 0 Å². The molecule has 0 radical (unpaired) electrons. The number of nitrogens with one attached hydrogen (secondary N) is 1. The Morgan fingerprint density at radius 3 is 2.24 bits per heavy atom. The predicted molar refractivity (Wildman–Crippen MR) is 81.7 cm³/mol. The number of carbonyl (C=O) groups is 1. The molecule has 1 aromatic rings. The van der Waals surface area contributed by atoms with E-state index in [1.807, 2.05) is 13.8 Å². The summed E-state index contributed by atoms with van der Waals surface area (Å²) in [7, 11) is -3.69. The van der Waals surface area contributed by atoms with Crippen LogP contribution in [0.4, 0.5) is 0 Å². The molecule has 0 bridgehead atoms. The molecule has 7 heteroatoms. The van der Waals surface area contributed by atoms with Crippen molar-refractivity contribution in [2.45, 2.75) is 31.7 Å². The lowest BCUT2D eigenvalue weighted by Crippen LogP contribution is -2.35. The number of sulfonamides is 1. The Morgan fingerprint density at radius 2 is 1.81 bits per heavy atom. The molecule has 0 fully saturated rings. The zero-order valence-corrected chi connectivity index (χ0v) is 13.2. The van der Waals surface area contributed by atoms with Crippen LogP contribution >= 0.6 is 0 Å². The average molecular weight is 313 g/mol. The van der Waals surface area contributed by atoms with Gasteiger partial charge in [0.15, 0.2) is 0 Å². The quantitative estimate of drug-likeness (QED) is 0.682. The van der Waals surface area contributed by atoms with Crippen LogP contribution in [0, 0.1) is 11.8 Å². The van der Waals surface area contributed by atoms with Crippen LogP contribution < -0.4 is 16.2 Å². The maximum absolute atomic E-state index is 12.0. The molecule has 0 heterocycles. The van der Waals surface area contributed by atoms with E-state index >= 15 is 0 Å². The fourth-order valence-corrected chi connectivity index (χ4v) is 2.53. The lowest BCUT2D eigenvalue weighted by atomic mass is 9.96. The molecule has 118 valence electrons. The number of primary sulfonamides is 1. The van der Waals surface area contributed by atoms with Gasteiger partial charge in [-0.3, -0.25) is 4.79 Å². The molecule has 1 unspecified atom stereocenters. The summed E-state index contributed by atoms with van der Waals surface area (Å²) in [5.74, 6) is 0.119. The third kappa shape index (κ3) is 5.82. The number of nitrogens with two attached hydrogens (primary N) is 2. The van der Waals surface area contributed by atoms with Gasteiger partial charge in [0.1, 0.15) is 0 Å². The van der Waals surface area contributed by atoms with Crippen molar-refractivity contribution in [2.75, 3.05) is 6.54 Å². The minimum absolute atomic E-state index is 0.0530. The largest absolute Gasteiger partial charge is 0.352 e. The summed E-state index contributed by atoms with van der Waals surface area (Å²) < 4.78 is 22.3. The first-order valence-electron chi connectivity index (χ1n) is 6.83. The Labute approximate surface area is 126 Å². The second-order valence-corrected chi connectivity index (χ2v) is 7.03. The molecular weight excluding hydrogens is 290 g/mol. The van der Waals surface area contributed by atoms with Crippen molar-refractivity contribution in [2.24, 2.45) is 22.7 Å². The van der Waals surface area contributed by atoms with Gasteiger partial charge in [-0.15, -0.1) is 0 Å². The number of rotatable bonds is 7. The molecule has 0 saturated heterocycles. The zero-order chi connectivity index (χ0) is 16.0. The second-order valence-electron chi connectivity index (χ2n) is 5.47. The number of carbonyl (C=O) groups excluding carboxylic acids is 1. The average Bonchev–Trinajstić information content (AvgIpc) is 2.41. The van der Waals surface area contributed by atoms with E-state index in [9.17, 15) is 13.2 Å². The topological polar surface area (TPSA) is 115 Å². The minimum Gasteiger partial charge on any atom is -0.352 e. The summed E-state index contributed by atoms with van der Waals surface area (Å²) in [6.07, 6.45) is 0.743. The first-order valence-corrected chi connectivity index (χ1v) is 8.38. The van der Waals surface area contributed by atoms with E-state index in [1.54, 1.807) is 12.1 Å². The molecule has 5 N–H and O–H groups in total. The molecule has 1 atom stereocenters. The number of benzene rings is 1. The van der Waals surface area contributed by atoms with Crippen LogP contribution in [-0.4, -0.2) is 20.9 Å². The van der Waals surface area contributed by atoms with Gasteiger partial charge >= 0.3 is 0 Å². The summed E-state index contributed by atoms with van der Waals surface area (Å²) in [6.45, 7) is 4.73. The molecular formula is C14H23N3O3S. The molecule has 0 aliphatic carbocycles. The molecule has 21 heavy (non-hydrogen) atoms. The van der Waals surface area contributed by atoms with E-state index in [1.165, 1.54) is 12.1 Å². The third-order valence-electron chi connectivity index (χ3n) is 3.13. The highest BCUT2D eigenvalue weighted by atomic mass is 32.2. The van der Waals surface area contributed by atoms with Crippen molar-refractivity contribution < 1.29 is 13.2 Å². The molecule has 1 aromatic carbocycles. The highest BCUT2D eigenvalue weighted by molar-refractivity contribution is 7.89. The van der Waals surface area contributed by atoms with Gasteiger partial charge in [0, 0.05) is 13.1 Å². The van der Waals surface area contributed by atoms with Crippen molar-refractivity contribution in [3.05, 3.63) is 29.8 Å². The van der Waals surface area contributed by atoms with Crippen LogP contribution in [0.25, 0.3) is 0 Å². The number of hydrogen-bond acceptors (Lipinski definition) is 4. The van der Waals surface area contributed by atoms with Crippen LogP contribution in [0.5, 0.6) is 0 Å². The van der Waals surface area contributed by atoms with Crippen LogP contribution in [0.15, 0.2) is 29.2 Å². The summed E-state index contributed by atoms with van der Waals surface area (Å²) >= 11 is 0. The Hall–Kier alpha value is -1.44. The fraction of sp³-hybridized carbons (Fsp3) is 0.500. The van der Waals surface area contributed by atoms with E-state index in [0.29, 0.717) is 19.0 Å². The normalized spacial score (nSPS) is 13.2. The van der Waals surface area contributed by atoms with E-state index in [-0.39, 0.29) is 16.7 Å². The molecule has 1 rings (SSSR count). The first-order chi connectivity index (χ1) is 9.74. The molecule has 0 saturated carbocycles. The van der Waals surface area contributed by atoms with E-state index in [2.05, 4.69) is 5.32 Å². The second kappa shape index (κ2) is 7.53. The molecule has 0 aliphatic rings. The standard InChI is InChI=1S/C14H23N3O3S/c1-10(2)7-12(8-15)14(18)17-9-11-3-5-13(6-4-11)21(16,19)20/h3-6,10,12H,7-9,15H2,1-2H3,(H,17,18)(H2,16,19,20). The Morgan fingerprint density at radius 1 is 1.24 bits per heavy atom. The summed E-state index contributed by atoms with van der Waals surface area (Å²) in [5.41, 5.74) is 6.42. The highest BCUT2D eigenvalue weighted by Gasteiger charge is 2.17. The Kier molecular flexibility index (Phi) is 6.32. The predicted octanol–water partition coefficient (Wildman–Crippen LogP) is 0.571. The highest BCUT2D eigenvalue weighted by Crippen LogP contribution is 2.12. The summed E-state index contributed by atoms with van der Waals surface area (Å²) in [6, 6.07) is 6.09. The number of hydrogen-bond donors (Lipinski definition) is 3. The Balaban J connectivity index is 2.60. The van der Waals surface area contributed by atoms with Gasteiger partial charge in [-0.2, -0.15) is 0 Å². The SMILES string of the molecule is CC(C)CC(CN)C(=O)NCc1ccc(S(N)(=O)=O)cc1. The lowest BCUT2D eigenvalue weighted by Gasteiger charge is -2.16. The smallest absolute Gasteiger partial charge is 0.238 e. The minimum atomic E-state index is -3.69. The molecule has 1 amide bonds. The van der Waals surface area contributed by atoms with E-state index < -0.39 is 10.0 Å². The molecule has 0 spiro atoms. The maximum atomic E-state index is 12.0. The fourth-order valence-electron chi connectivity index (χ4n) is 2.01. The van der Waals surface area contributed by atoms with Gasteiger partial charge in [-0.05, 0) is 30.0 Å². The first kappa shape index (κ1) is 17.6. The van der Waals surface area contributed by atoms with Crippen molar-refractivity contribution in [3.8, 4) is 0 Å². The van der Waals surface area contributed by atoms with Crippen molar-refractivity contribution in [1.29, 1.82) is 0 Å². The Bertz CT molecular complexity index is 568. The summed E-state index contributed by atoms with van der Waals surface area (Å²) in [4.78, 5) is 12.1. The molecule has 0 aliphatic heterocycles. The van der Waals surface area contributed by atoms with Crippen LogP contribution in [0.3, 0.4) is 0 Å². The maximum Gasteiger partial charge on any atom is 0.238 e. The van der Waals surface area contributed by atoms with Gasteiger partial charge < -0.3 is 11.1 Å². The lowest BCUT2D eigenvalue weighted by molar-refractivity contribution is -0.125. The van der Waals surface area contributed by atoms with Crippen LogP contribution in [0.1, 0.15) is 25.8 Å². The zero-order valence-electron chi connectivity index (χ0n) is 12.4. The van der Waals surface area contributed by atoms with Gasteiger partial charge in [0.05, 0.1) is 10.8 Å². The van der Waals surface area contributed by atoms with Gasteiger partial charge in [-0.1, -0.05) is 26.0 Å². The van der Waals surface area contributed by atoms with Gasteiger partial charge in [-0.25, -0.2) is 13.6 Å².